The maximum Gasteiger partial charge on any atom is 0.262 e. The van der Waals surface area contributed by atoms with Crippen LogP contribution in [0.3, 0.4) is 0 Å². The van der Waals surface area contributed by atoms with Crippen LogP contribution in [-0.4, -0.2) is 30.1 Å². The second-order valence-corrected chi connectivity index (χ2v) is 7.67. The van der Waals surface area contributed by atoms with E-state index in [1.54, 1.807) is 19.2 Å². The van der Waals surface area contributed by atoms with Crippen molar-refractivity contribution in [3.8, 4) is 5.75 Å². The summed E-state index contributed by atoms with van der Waals surface area (Å²) in [6, 6.07) is 10.4. The number of thiophene rings is 1. The van der Waals surface area contributed by atoms with Gasteiger partial charge in [-0.2, -0.15) is 0 Å². The predicted molar refractivity (Wildman–Crippen MR) is 114 cm³/mol. The van der Waals surface area contributed by atoms with Gasteiger partial charge in [-0.3, -0.25) is 20.4 Å². The normalized spacial score (nSPS) is 11.4. The van der Waals surface area contributed by atoms with Gasteiger partial charge in [-0.15, -0.1) is 11.3 Å². The number of carbonyl (C=O) groups excluding carboxylic acids is 2. The molecule has 150 valence electrons. The molecule has 9 heteroatoms. The lowest BCUT2D eigenvalue weighted by Crippen LogP contribution is -2.55. The van der Waals surface area contributed by atoms with Crippen molar-refractivity contribution >= 4 is 40.5 Å². The molecular weight excluding hydrogens is 396 g/mol. The van der Waals surface area contributed by atoms with Crippen LogP contribution in [-0.2, 0) is 11.3 Å². The molecule has 0 saturated carbocycles. The number of benzene rings is 1. The van der Waals surface area contributed by atoms with Gasteiger partial charge in [0, 0.05) is 6.54 Å². The third-order valence-electron chi connectivity index (χ3n) is 3.89. The van der Waals surface area contributed by atoms with Crippen LogP contribution in [0.5, 0.6) is 5.75 Å². The first-order valence-corrected chi connectivity index (χ1v) is 10.0. The van der Waals surface area contributed by atoms with Crippen molar-refractivity contribution < 1.29 is 14.3 Å². The van der Waals surface area contributed by atoms with Crippen molar-refractivity contribution in [3.63, 3.8) is 0 Å². The maximum atomic E-state index is 12.5. The van der Waals surface area contributed by atoms with Gasteiger partial charge in [0.25, 0.3) is 11.8 Å². The highest BCUT2D eigenvalue weighted by molar-refractivity contribution is 7.80. The molecule has 2 rings (SSSR count). The van der Waals surface area contributed by atoms with Crippen molar-refractivity contribution in [1.82, 2.24) is 21.5 Å². The molecule has 0 spiro atoms. The van der Waals surface area contributed by atoms with E-state index in [2.05, 4.69) is 21.5 Å². The molecule has 2 aromatic rings. The van der Waals surface area contributed by atoms with Gasteiger partial charge in [0.15, 0.2) is 5.11 Å². The fraction of sp³-hybridized carbons (Fsp3) is 0.316. The Morgan fingerprint density at radius 3 is 2.43 bits per heavy atom. The second-order valence-electron chi connectivity index (χ2n) is 6.32. The van der Waals surface area contributed by atoms with Crippen LogP contribution in [0.4, 0.5) is 0 Å². The average molecular weight is 421 g/mol. The number of hydrogen-bond donors (Lipinski definition) is 4. The summed E-state index contributed by atoms with van der Waals surface area (Å²) >= 11 is 6.50. The molecule has 1 heterocycles. The van der Waals surface area contributed by atoms with E-state index in [0.717, 1.165) is 11.3 Å². The van der Waals surface area contributed by atoms with Crippen molar-refractivity contribution in [2.24, 2.45) is 5.92 Å². The zero-order valence-corrected chi connectivity index (χ0v) is 17.6. The fourth-order valence-corrected chi connectivity index (χ4v) is 3.07. The number of hydrogen-bond acceptors (Lipinski definition) is 5. The Balaban J connectivity index is 1.80. The van der Waals surface area contributed by atoms with Crippen LogP contribution in [0.25, 0.3) is 0 Å². The average Bonchev–Trinajstić information content (AvgIpc) is 3.23. The molecule has 7 nitrogen and oxygen atoms in total. The van der Waals surface area contributed by atoms with Gasteiger partial charge in [-0.1, -0.05) is 32.0 Å². The van der Waals surface area contributed by atoms with E-state index in [4.69, 9.17) is 17.0 Å². The minimum absolute atomic E-state index is 0.0912. The molecule has 0 aliphatic carbocycles. The Morgan fingerprint density at radius 2 is 1.86 bits per heavy atom. The highest BCUT2D eigenvalue weighted by Gasteiger charge is 2.25. The summed E-state index contributed by atoms with van der Waals surface area (Å²) in [5, 5.41) is 7.84. The number of methoxy groups -OCH3 is 1. The van der Waals surface area contributed by atoms with Crippen molar-refractivity contribution in [2.75, 3.05) is 7.11 Å². The minimum atomic E-state index is -0.688. The summed E-state index contributed by atoms with van der Waals surface area (Å²) in [5.41, 5.74) is 6.22. The lowest BCUT2D eigenvalue weighted by Gasteiger charge is -2.22. The van der Waals surface area contributed by atoms with Crippen LogP contribution >= 0.6 is 23.6 Å². The number of carbonyl (C=O) groups is 2. The summed E-state index contributed by atoms with van der Waals surface area (Å²) < 4.78 is 5.12. The monoisotopic (exact) mass is 420 g/mol. The van der Waals surface area contributed by atoms with Crippen molar-refractivity contribution in [3.05, 3.63) is 52.2 Å². The first-order valence-electron chi connectivity index (χ1n) is 8.71. The van der Waals surface area contributed by atoms with Gasteiger partial charge in [0.05, 0.1) is 12.0 Å². The topological polar surface area (TPSA) is 91.5 Å². The minimum Gasteiger partial charge on any atom is -0.497 e. The molecule has 0 fully saturated rings. The molecule has 2 amide bonds. The number of rotatable bonds is 7. The Bertz CT molecular complexity index is 792. The third-order valence-corrected chi connectivity index (χ3v) is 5.01. The van der Waals surface area contributed by atoms with Crippen molar-refractivity contribution in [1.29, 1.82) is 0 Å². The van der Waals surface area contributed by atoms with Gasteiger partial charge >= 0.3 is 0 Å². The number of hydrazine groups is 1. The van der Waals surface area contributed by atoms with Gasteiger partial charge < -0.3 is 15.4 Å². The van der Waals surface area contributed by atoms with Gasteiger partial charge in [-0.05, 0) is 47.3 Å². The van der Waals surface area contributed by atoms with Gasteiger partial charge in [0.2, 0.25) is 0 Å². The summed E-state index contributed by atoms with van der Waals surface area (Å²) in [6.07, 6.45) is 0. The summed E-state index contributed by atoms with van der Waals surface area (Å²) in [5.74, 6) is 0.0464. The molecule has 0 aliphatic heterocycles. The Morgan fingerprint density at radius 1 is 1.14 bits per heavy atom. The third kappa shape index (κ3) is 6.50. The van der Waals surface area contributed by atoms with Crippen LogP contribution in [0, 0.1) is 5.92 Å². The van der Waals surface area contributed by atoms with E-state index in [1.807, 2.05) is 43.5 Å². The molecule has 0 unspecified atom stereocenters. The molecule has 0 aliphatic rings. The second kappa shape index (κ2) is 10.6. The first kappa shape index (κ1) is 21.6. The first-order chi connectivity index (χ1) is 13.4. The van der Waals surface area contributed by atoms with Crippen molar-refractivity contribution in [2.45, 2.75) is 26.4 Å². The summed E-state index contributed by atoms with van der Waals surface area (Å²) in [6.45, 7) is 4.22. The Kier molecular flexibility index (Phi) is 8.21. The molecule has 4 N–H and O–H groups in total. The van der Waals surface area contributed by atoms with E-state index in [9.17, 15) is 9.59 Å². The highest BCUT2D eigenvalue weighted by Crippen LogP contribution is 2.11. The molecular formula is C19H24N4O3S2. The Labute approximate surface area is 173 Å². The lowest BCUT2D eigenvalue weighted by molar-refractivity contribution is -0.124. The van der Waals surface area contributed by atoms with E-state index >= 15 is 0 Å². The molecule has 0 radical (unpaired) electrons. The zero-order chi connectivity index (χ0) is 20.5. The van der Waals surface area contributed by atoms with E-state index < -0.39 is 6.04 Å². The van der Waals surface area contributed by atoms with Gasteiger partial charge in [0.1, 0.15) is 11.8 Å². The van der Waals surface area contributed by atoms with E-state index in [0.29, 0.717) is 11.4 Å². The highest BCUT2D eigenvalue weighted by atomic mass is 32.1. The predicted octanol–water partition coefficient (Wildman–Crippen LogP) is 2.21. The number of ether oxygens (including phenoxy) is 1. The summed E-state index contributed by atoms with van der Waals surface area (Å²) in [7, 11) is 1.61. The van der Waals surface area contributed by atoms with Crippen LogP contribution in [0.1, 0.15) is 29.1 Å². The quantitative estimate of drug-likeness (QED) is 0.406. The van der Waals surface area contributed by atoms with E-state index in [1.165, 1.54) is 11.3 Å². The molecule has 1 aromatic heterocycles. The summed E-state index contributed by atoms with van der Waals surface area (Å²) in [4.78, 5) is 25.2. The SMILES string of the molecule is COc1ccc(CNC(=S)NNC(=O)[C@@H](NC(=O)c2cccs2)C(C)C)cc1. The van der Waals surface area contributed by atoms with Gasteiger partial charge in [-0.25, -0.2) is 0 Å². The Hall–Kier alpha value is -2.65. The zero-order valence-electron chi connectivity index (χ0n) is 15.9. The maximum absolute atomic E-state index is 12.5. The number of amides is 2. The van der Waals surface area contributed by atoms with E-state index in [-0.39, 0.29) is 22.8 Å². The van der Waals surface area contributed by atoms with Crippen LogP contribution in [0.15, 0.2) is 41.8 Å². The molecule has 1 aromatic carbocycles. The van der Waals surface area contributed by atoms with Crippen LogP contribution in [0.2, 0.25) is 0 Å². The number of nitrogens with one attached hydrogen (secondary N) is 4. The molecule has 0 saturated heterocycles. The molecule has 0 bridgehead atoms. The fourth-order valence-electron chi connectivity index (χ4n) is 2.32. The number of thiocarbonyl (C=S) groups is 1. The smallest absolute Gasteiger partial charge is 0.262 e. The van der Waals surface area contributed by atoms with Crippen LogP contribution < -0.4 is 26.2 Å². The standard InChI is InChI=1S/C19H24N4O3S2/c1-12(2)16(21-17(24)15-5-4-10-28-15)18(25)22-23-19(27)20-11-13-6-8-14(26-3)9-7-13/h4-10,12,16H,11H2,1-3H3,(H,21,24)(H,22,25)(H2,20,23,27)/t16-/m0/s1. The largest absolute Gasteiger partial charge is 0.497 e. The lowest BCUT2D eigenvalue weighted by atomic mass is 10.0. The molecule has 28 heavy (non-hydrogen) atoms. The molecule has 1 atom stereocenters.